The molecule has 1 atom stereocenters. The second-order valence-corrected chi connectivity index (χ2v) is 3.41. The molecule has 0 spiro atoms. The van der Waals surface area contributed by atoms with E-state index in [1.165, 1.54) is 11.1 Å². The summed E-state index contributed by atoms with van der Waals surface area (Å²) in [6.07, 6.45) is 0.994. The molecule has 2 nitrogen and oxygen atoms in total. The van der Waals surface area contributed by atoms with Crippen molar-refractivity contribution >= 4 is 12.4 Å². The first-order chi connectivity index (χ1) is 6.22. The second kappa shape index (κ2) is 6.82. The van der Waals surface area contributed by atoms with Gasteiger partial charge in [0.15, 0.2) is 0 Å². The molecule has 14 heavy (non-hydrogen) atoms. The molecule has 1 unspecified atom stereocenters. The second-order valence-electron chi connectivity index (χ2n) is 3.41. The standard InChI is InChI=1S/C11H17NO.ClH/c1-9-4-6-11(7-5-9)8-10(2)12-13-3;/h4-7,10,12H,8H2,1-3H3;1H. The summed E-state index contributed by atoms with van der Waals surface area (Å²) >= 11 is 0. The van der Waals surface area contributed by atoms with Crippen LogP contribution in [0.4, 0.5) is 0 Å². The molecule has 0 saturated carbocycles. The van der Waals surface area contributed by atoms with Gasteiger partial charge in [-0.3, -0.25) is 0 Å². The Morgan fingerprint density at radius 3 is 2.36 bits per heavy atom. The van der Waals surface area contributed by atoms with Gasteiger partial charge >= 0.3 is 0 Å². The fourth-order valence-electron chi connectivity index (χ4n) is 1.32. The van der Waals surface area contributed by atoms with Crippen LogP contribution in [0.5, 0.6) is 0 Å². The Morgan fingerprint density at radius 2 is 1.86 bits per heavy atom. The van der Waals surface area contributed by atoms with Gasteiger partial charge in [-0.05, 0) is 25.8 Å². The predicted molar refractivity (Wildman–Crippen MR) is 61.7 cm³/mol. The van der Waals surface area contributed by atoms with Crippen LogP contribution in [0.1, 0.15) is 18.1 Å². The number of aryl methyl sites for hydroxylation is 1. The summed E-state index contributed by atoms with van der Waals surface area (Å²) in [7, 11) is 1.64. The number of benzene rings is 1. The Labute approximate surface area is 92.0 Å². The quantitative estimate of drug-likeness (QED) is 0.780. The Hall–Kier alpha value is -0.570. The first kappa shape index (κ1) is 13.4. The van der Waals surface area contributed by atoms with Gasteiger partial charge < -0.3 is 4.84 Å². The highest BCUT2D eigenvalue weighted by molar-refractivity contribution is 5.85. The van der Waals surface area contributed by atoms with E-state index in [0.29, 0.717) is 6.04 Å². The van der Waals surface area contributed by atoms with E-state index < -0.39 is 0 Å². The molecule has 1 N–H and O–H groups in total. The summed E-state index contributed by atoms with van der Waals surface area (Å²) in [5.41, 5.74) is 5.55. The summed E-state index contributed by atoms with van der Waals surface area (Å²) in [5, 5.41) is 0. The molecule has 0 amide bonds. The van der Waals surface area contributed by atoms with Crippen LogP contribution in [0.15, 0.2) is 24.3 Å². The molecular formula is C11H18ClNO. The maximum Gasteiger partial charge on any atom is 0.0572 e. The van der Waals surface area contributed by atoms with Crippen molar-refractivity contribution in [1.29, 1.82) is 0 Å². The lowest BCUT2D eigenvalue weighted by molar-refractivity contribution is 0.0661. The molecule has 0 aliphatic rings. The Balaban J connectivity index is 0.00000169. The third-order valence-electron chi connectivity index (χ3n) is 1.98. The fraction of sp³-hybridized carbons (Fsp3) is 0.455. The zero-order valence-corrected chi connectivity index (χ0v) is 9.73. The van der Waals surface area contributed by atoms with Crippen molar-refractivity contribution in [2.24, 2.45) is 0 Å². The third kappa shape index (κ3) is 4.61. The molecule has 0 radical (unpaired) electrons. The van der Waals surface area contributed by atoms with Crippen molar-refractivity contribution in [2.45, 2.75) is 26.3 Å². The Bertz CT molecular complexity index is 248. The van der Waals surface area contributed by atoms with E-state index in [-0.39, 0.29) is 12.4 Å². The monoisotopic (exact) mass is 215 g/mol. The minimum absolute atomic E-state index is 0. The maximum atomic E-state index is 4.85. The molecule has 0 fully saturated rings. The van der Waals surface area contributed by atoms with E-state index >= 15 is 0 Å². The summed E-state index contributed by atoms with van der Waals surface area (Å²) in [6, 6.07) is 8.93. The van der Waals surface area contributed by atoms with E-state index in [9.17, 15) is 0 Å². The van der Waals surface area contributed by atoms with Crippen molar-refractivity contribution in [3.05, 3.63) is 35.4 Å². The van der Waals surface area contributed by atoms with Gasteiger partial charge in [0.05, 0.1) is 7.11 Å². The van der Waals surface area contributed by atoms with Crippen LogP contribution in [0.25, 0.3) is 0 Å². The van der Waals surface area contributed by atoms with Crippen LogP contribution in [0.2, 0.25) is 0 Å². The van der Waals surface area contributed by atoms with Crippen molar-refractivity contribution in [2.75, 3.05) is 7.11 Å². The smallest absolute Gasteiger partial charge is 0.0572 e. The molecule has 0 saturated heterocycles. The number of hydrogen-bond donors (Lipinski definition) is 1. The lowest BCUT2D eigenvalue weighted by Crippen LogP contribution is -2.26. The molecule has 1 aromatic rings. The number of hydroxylamine groups is 1. The van der Waals surface area contributed by atoms with Gasteiger partial charge in [-0.15, -0.1) is 12.4 Å². The highest BCUT2D eigenvalue weighted by Crippen LogP contribution is 2.05. The van der Waals surface area contributed by atoms with Crippen LogP contribution < -0.4 is 5.48 Å². The molecule has 0 bridgehead atoms. The molecule has 0 aliphatic carbocycles. The maximum absolute atomic E-state index is 4.85. The van der Waals surface area contributed by atoms with Gasteiger partial charge in [0.1, 0.15) is 0 Å². The van der Waals surface area contributed by atoms with Crippen LogP contribution >= 0.6 is 12.4 Å². The molecule has 0 aromatic heterocycles. The highest BCUT2D eigenvalue weighted by Gasteiger charge is 2.01. The molecule has 1 aromatic carbocycles. The van der Waals surface area contributed by atoms with Crippen LogP contribution in [0.3, 0.4) is 0 Å². The van der Waals surface area contributed by atoms with Crippen LogP contribution in [-0.2, 0) is 11.3 Å². The zero-order valence-electron chi connectivity index (χ0n) is 8.91. The summed E-state index contributed by atoms with van der Waals surface area (Å²) in [4.78, 5) is 4.85. The average molecular weight is 216 g/mol. The van der Waals surface area contributed by atoms with Crippen molar-refractivity contribution in [3.63, 3.8) is 0 Å². The summed E-state index contributed by atoms with van der Waals surface area (Å²) in [5.74, 6) is 0. The minimum Gasteiger partial charge on any atom is -0.305 e. The molecule has 0 heterocycles. The zero-order chi connectivity index (χ0) is 9.68. The van der Waals surface area contributed by atoms with E-state index in [0.717, 1.165) is 6.42 Å². The van der Waals surface area contributed by atoms with Gasteiger partial charge in [-0.25, -0.2) is 0 Å². The number of halogens is 1. The molecule has 80 valence electrons. The van der Waals surface area contributed by atoms with Gasteiger partial charge in [-0.2, -0.15) is 5.48 Å². The van der Waals surface area contributed by atoms with Crippen molar-refractivity contribution in [3.8, 4) is 0 Å². The molecule has 1 rings (SSSR count). The van der Waals surface area contributed by atoms with Crippen LogP contribution in [-0.4, -0.2) is 13.2 Å². The van der Waals surface area contributed by atoms with Crippen LogP contribution in [0, 0.1) is 6.92 Å². The predicted octanol–water partition coefficient (Wildman–Crippen LogP) is 2.50. The van der Waals surface area contributed by atoms with Crippen molar-refractivity contribution in [1.82, 2.24) is 5.48 Å². The van der Waals surface area contributed by atoms with E-state index in [1.54, 1.807) is 7.11 Å². The Kier molecular flexibility index (Phi) is 6.54. The van der Waals surface area contributed by atoms with E-state index in [2.05, 4.69) is 43.6 Å². The SMILES string of the molecule is CONC(C)Cc1ccc(C)cc1.Cl. The van der Waals surface area contributed by atoms with Gasteiger partial charge in [0, 0.05) is 6.04 Å². The number of hydrogen-bond acceptors (Lipinski definition) is 2. The summed E-state index contributed by atoms with van der Waals surface area (Å²) in [6.45, 7) is 4.20. The summed E-state index contributed by atoms with van der Waals surface area (Å²) < 4.78 is 0. The van der Waals surface area contributed by atoms with Gasteiger partial charge in [0.2, 0.25) is 0 Å². The van der Waals surface area contributed by atoms with Gasteiger partial charge in [0.25, 0.3) is 0 Å². The van der Waals surface area contributed by atoms with E-state index in [4.69, 9.17) is 4.84 Å². The Morgan fingerprint density at radius 1 is 1.29 bits per heavy atom. The first-order valence-corrected chi connectivity index (χ1v) is 4.56. The number of rotatable bonds is 4. The molecular weight excluding hydrogens is 198 g/mol. The van der Waals surface area contributed by atoms with E-state index in [1.807, 2.05) is 0 Å². The fourth-order valence-corrected chi connectivity index (χ4v) is 1.32. The van der Waals surface area contributed by atoms with Gasteiger partial charge in [-0.1, -0.05) is 29.8 Å². The normalized spacial score (nSPS) is 11.9. The minimum atomic E-state index is 0. The number of nitrogens with one attached hydrogen (secondary N) is 1. The lowest BCUT2D eigenvalue weighted by atomic mass is 10.1. The average Bonchev–Trinajstić information content (AvgIpc) is 2.09. The topological polar surface area (TPSA) is 21.3 Å². The van der Waals surface area contributed by atoms with Crippen molar-refractivity contribution < 1.29 is 4.84 Å². The largest absolute Gasteiger partial charge is 0.305 e. The lowest BCUT2D eigenvalue weighted by Gasteiger charge is -2.11. The highest BCUT2D eigenvalue weighted by atomic mass is 35.5. The molecule has 3 heteroatoms. The third-order valence-corrected chi connectivity index (χ3v) is 1.98. The molecule has 0 aliphatic heterocycles. The first-order valence-electron chi connectivity index (χ1n) is 4.56.